The van der Waals surface area contributed by atoms with Crippen molar-refractivity contribution in [3.8, 4) is 0 Å². The van der Waals surface area contributed by atoms with Crippen LogP contribution in [0.1, 0.15) is 23.0 Å². The fourth-order valence-electron chi connectivity index (χ4n) is 2.50. The van der Waals surface area contributed by atoms with Crippen LogP contribution >= 0.6 is 11.8 Å². The van der Waals surface area contributed by atoms with Crippen LogP contribution in [0.5, 0.6) is 0 Å². The quantitative estimate of drug-likeness (QED) is 0.861. The van der Waals surface area contributed by atoms with Gasteiger partial charge in [0.05, 0.1) is 12.2 Å². The van der Waals surface area contributed by atoms with Gasteiger partial charge in [0.1, 0.15) is 0 Å². The number of aromatic nitrogens is 3. The van der Waals surface area contributed by atoms with E-state index in [0.717, 1.165) is 19.0 Å². The number of carboxylic acids is 1. The number of aromatic carboxylic acids is 1. The molecule has 0 bridgehead atoms. The second-order valence-corrected chi connectivity index (χ2v) is 6.14. The summed E-state index contributed by atoms with van der Waals surface area (Å²) in [5.41, 5.74) is 0.0284. The molecule has 0 aromatic carbocycles. The molecule has 98 valence electrons. The summed E-state index contributed by atoms with van der Waals surface area (Å²) < 4.78 is 1.68. The number of rotatable bonds is 4. The molecular formula is C11H16N4O2S. The maximum atomic E-state index is 10.7. The maximum Gasteiger partial charge on any atom is 0.358 e. The Kier molecular flexibility index (Phi) is 3.25. The molecule has 6 nitrogen and oxygen atoms in total. The number of hydrogen-bond donors (Lipinski definition) is 1. The van der Waals surface area contributed by atoms with E-state index in [1.165, 1.54) is 30.7 Å². The Morgan fingerprint density at radius 1 is 1.56 bits per heavy atom. The van der Waals surface area contributed by atoms with Gasteiger partial charge in [0.25, 0.3) is 0 Å². The van der Waals surface area contributed by atoms with E-state index in [4.69, 9.17) is 5.11 Å². The molecule has 0 saturated carbocycles. The molecule has 1 N–H and O–H groups in total. The Morgan fingerprint density at radius 3 is 3.00 bits per heavy atom. The van der Waals surface area contributed by atoms with Gasteiger partial charge in [0.2, 0.25) is 0 Å². The van der Waals surface area contributed by atoms with Gasteiger partial charge < -0.3 is 5.11 Å². The van der Waals surface area contributed by atoms with Crippen molar-refractivity contribution in [1.82, 2.24) is 19.9 Å². The van der Waals surface area contributed by atoms with Crippen molar-refractivity contribution in [2.24, 2.45) is 5.92 Å². The predicted molar refractivity (Wildman–Crippen MR) is 67.9 cm³/mol. The highest BCUT2D eigenvalue weighted by Crippen LogP contribution is 2.28. The van der Waals surface area contributed by atoms with Gasteiger partial charge in [-0.25, -0.2) is 9.48 Å². The molecule has 18 heavy (non-hydrogen) atoms. The summed E-state index contributed by atoms with van der Waals surface area (Å²) >= 11 is 2.04. The first-order valence-electron chi connectivity index (χ1n) is 6.17. The summed E-state index contributed by atoms with van der Waals surface area (Å²) in [6.45, 7) is 3.09. The zero-order valence-electron chi connectivity index (χ0n) is 10.0. The SMILES string of the molecule is O=C(O)c1cn(C2CN(CC3CCSC3)C2)nn1. The molecule has 2 fully saturated rings. The minimum Gasteiger partial charge on any atom is -0.476 e. The van der Waals surface area contributed by atoms with Gasteiger partial charge in [-0.15, -0.1) is 5.10 Å². The monoisotopic (exact) mass is 268 g/mol. The van der Waals surface area contributed by atoms with Crippen molar-refractivity contribution in [3.05, 3.63) is 11.9 Å². The Labute approximate surface area is 109 Å². The first-order chi connectivity index (χ1) is 8.72. The molecule has 1 aromatic heterocycles. The van der Waals surface area contributed by atoms with Crippen LogP contribution in [-0.4, -0.2) is 62.1 Å². The molecule has 2 saturated heterocycles. The Bertz CT molecular complexity index is 438. The fraction of sp³-hybridized carbons (Fsp3) is 0.727. The zero-order valence-corrected chi connectivity index (χ0v) is 10.8. The number of carbonyl (C=O) groups is 1. The molecule has 0 aliphatic carbocycles. The Balaban J connectivity index is 1.50. The summed E-state index contributed by atoms with van der Waals surface area (Å²) in [5, 5.41) is 16.3. The molecule has 0 spiro atoms. The first-order valence-corrected chi connectivity index (χ1v) is 7.33. The van der Waals surface area contributed by atoms with Crippen LogP contribution in [0.15, 0.2) is 6.20 Å². The van der Waals surface area contributed by atoms with Crippen molar-refractivity contribution in [1.29, 1.82) is 0 Å². The molecule has 0 amide bonds. The van der Waals surface area contributed by atoms with E-state index in [-0.39, 0.29) is 5.69 Å². The van der Waals surface area contributed by atoms with Crippen molar-refractivity contribution in [2.75, 3.05) is 31.1 Å². The second-order valence-electron chi connectivity index (χ2n) is 4.99. The molecule has 3 rings (SSSR count). The van der Waals surface area contributed by atoms with E-state index in [0.29, 0.717) is 6.04 Å². The van der Waals surface area contributed by atoms with Gasteiger partial charge in [0, 0.05) is 19.6 Å². The first kappa shape index (κ1) is 12.0. The lowest BCUT2D eigenvalue weighted by atomic mass is 10.0. The molecule has 7 heteroatoms. The second kappa shape index (κ2) is 4.89. The number of likely N-dealkylation sites (tertiary alicyclic amines) is 1. The van der Waals surface area contributed by atoms with Crippen LogP contribution in [0.4, 0.5) is 0 Å². The lowest BCUT2D eigenvalue weighted by molar-refractivity contribution is 0.0689. The normalized spacial score (nSPS) is 25.2. The lowest BCUT2D eigenvalue weighted by Gasteiger charge is -2.40. The van der Waals surface area contributed by atoms with E-state index in [1.54, 1.807) is 4.68 Å². The van der Waals surface area contributed by atoms with Crippen molar-refractivity contribution >= 4 is 17.7 Å². The van der Waals surface area contributed by atoms with Crippen LogP contribution in [0.3, 0.4) is 0 Å². The minimum absolute atomic E-state index is 0.0284. The maximum absolute atomic E-state index is 10.7. The van der Waals surface area contributed by atoms with Gasteiger partial charge in [-0.2, -0.15) is 11.8 Å². The van der Waals surface area contributed by atoms with Crippen LogP contribution in [0.2, 0.25) is 0 Å². The molecule has 1 atom stereocenters. The van der Waals surface area contributed by atoms with Crippen molar-refractivity contribution in [2.45, 2.75) is 12.5 Å². The lowest BCUT2D eigenvalue weighted by Crippen LogP contribution is -2.49. The van der Waals surface area contributed by atoms with E-state index < -0.39 is 5.97 Å². The third-order valence-electron chi connectivity index (χ3n) is 3.58. The van der Waals surface area contributed by atoms with Gasteiger partial charge in [-0.05, 0) is 23.8 Å². The standard InChI is InChI=1S/C11H16N4O2S/c16-11(17)10-6-15(13-12-10)9-4-14(5-9)3-8-1-2-18-7-8/h6,8-9H,1-5,7H2,(H,16,17). The van der Waals surface area contributed by atoms with E-state index in [2.05, 4.69) is 15.2 Å². The molecule has 1 unspecified atom stereocenters. The van der Waals surface area contributed by atoms with Crippen LogP contribution in [0.25, 0.3) is 0 Å². The molecule has 3 heterocycles. The topological polar surface area (TPSA) is 71.2 Å². The summed E-state index contributed by atoms with van der Waals surface area (Å²) in [6, 6.07) is 0.291. The number of nitrogens with zero attached hydrogens (tertiary/aromatic N) is 4. The summed E-state index contributed by atoms with van der Waals surface area (Å²) in [4.78, 5) is 13.1. The third-order valence-corrected chi connectivity index (χ3v) is 4.81. The Morgan fingerprint density at radius 2 is 2.39 bits per heavy atom. The summed E-state index contributed by atoms with van der Waals surface area (Å²) in [5.74, 6) is 2.40. The van der Waals surface area contributed by atoms with Gasteiger partial charge in [-0.1, -0.05) is 5.21 Å². The van der Waals surface area contributed by atoms with Crippen molar-refractivity contribution < 1.29 is 9.90 Å². The van der Waals surface area contributed by atoms with E-state index >= 15 is 0 Å². The summed E-state index contributed by atoms with van der Waals surface area (Å²) in [6.07, 6.45) is 2.86. The highest BCUT2D eigenvalue weighted by atomic mass is 32.2. The minimum atomic E-state index is -1.01. The molecule has 2 aliphatic rings. The third kappa shape index (κ3) is 2.37. The van der Waals surface area contributed by atoms with Gasteiger partial charge in [-0.3, -0.25) is 4.90 Å². The molecule has 0 radical (unpaired) electrons. The molecule has 2 aliphatic heterocycles. The average Bonchev–Trinajstić information content (AvgIpc) is 2.94. The molecule has 1 aromatic rings. The number of hydrogen-bond acceptors (Lipinski definition) is 5. The van der Waals surface area contributed by atoms with E-state index in [1.807, 2.05) is 11.8 Å². The summed E-state index contributed by atoms with van der Waals surface area (Å²) in [7, 11) is 0. The highest BCUT2D eigenvalue weighted by Gasteiger charge is 2.31. The van der Waals surface area contributed by atoms with Gasteiger partial charge in [0.15, 0.2) is 5.69 Å². The number of thioether (sulfide) groups is 1. The largest absolute Gasteiger partial charge is 0.476 e. The van der Waals surface area contributed by atoms with E-state index in [9.17, 15) is 4.79 Å². The zero-order chi connectivity index (χ0) is 12.5. The van der Waals surface area contributed by atoms with Crippen LogP contribution in [-0.2, 0) is 0 Å². The smallest absolute Gasteiger partial charge is 0.358 e. The van der Waals surface area contributed by atoms with Gasteiger partial charge >= 0.3 is 5.97 Å². The van der Waals surface area contributed by atoms with Crippen molar-refractivity contribution in [3.63, 3.8) is 0 Å². The van der Waals surface area contributed by atoms with Crippen LogP contribution in [0, 0.1) is 5.92 Å². The Hall–Kier alpha value is -1.08. The molecular weight excluding hydrogens is 252 g/mol. The van der Waals surface area contributed by atoms with Crippen LogP contribution < -0.4 is 0 Å². The highest BCUT2D eigenvalue weighted by molar-refractivity contribution is 7.99. The number of carboxylic acid groups (broad SMARTS) is 1. The average molecular weight is 268 g/mol. The fourth-order valence-corrected chi connectivity index (χ4v) is 3.78. The predicted octanol–water partition coefficient (Wildman–Crippen LogP) is 0.586.